The summed E-state index contributed by atoms with van der Waals surface area (Å²) in [6.07, 6.45) is 0. The maximum absolute atomic E-state index is 12.4. The number of benzene rings is 1. The number of nitrogens with one attached hydrogen (secondary N) is 1. The molecular formula is C16H18F2N4O5. The van der Waals surface area contributed by atoms with Crippen LogP contribution in [0.5, 0.6) is 11.5 Å². The lowest BCUT2D eigenvalue weighted by Gasteiger charge is -2.12. The second-order valence-electron chi connectivity index (χ2n) is 5.35. The van der Waals surface area contributed by atoms with E-state index in [2.05, 4.69) is 15.2 Å². The Bertz CT molecular complexity index is 825. The molecule has 1 aromatic heterocycles. The van der Waals surface area contributed by atoms with E-state index in [-0.39, 0.29) is 42.6 Å². The smallest absolute Gasteiger partial charge is 0.390 e. The highest BCUT2D eigenvalue weighted by Gasteiger charge is 2.17. The Hall–Kier alpha value is -3.24. The summed E-state index contributed by atoms with van der Waals surface area (Å²) < 4.78 is 35.8. The van der Waals surface area contributed by atoms with Crippen molar-refractivity contribution in [3.63, 3.8) is 0 Å². The van der Waals surface area contributed by atoms with Gasteiger partial charge in [-0.3, -0.25) is 4.79 Å². The topological polar surface area (TPSA) is 109 Å². The minimum absolute atomic E-state index is 0.0315. The molecule has 1 heterocycles. The molecule has 0 unspecified atom stereocenters. The molecule has 0 saturated heterocycles. The van der Waals surface area contributed by atoms with Gasteiger partial charge in [0.05, 0.1) is 30.0 Å². The summed E-state index contributed by atoms with van der Waals surface area (Å²) in [6, 6.07) is 5.20. The zero-order valence-electron chi connectivity index (χ0n) is 14.6. The van der Waals surface area contributed by atoms with Crippen molar-refractivity contribution in [3.8, 4) is 11.5 Å². The monoisotopic (exact) mass is 384 g/mol. The van der Waals surface area contributed by atoms with Gasteiger partial charge in [-0.2, -0.15) is 13.5 Å². The van der Waals surface area contributed by atoms with Crippen LogP contribution < -0.4 is 14.8 Å². The molecule has 11 heteroatoms. The summed E-state index contributed by atoms with van der Waals surface area (Å²) in [5.74, 6) is -0.861. The number of carbonyl (C=O) groups excluding carboxylic acids is 1. The molecule has 1 amide bonds. The molecule has 146 valence electrons. The van der Waals surface area contributed by atoms with E-state index >= 15 is 0 Å². The zero-order valence-corrected chi connectivity index (χ0v) is 14.6. The molecule has 2 aromatic rings. The van der Waals surface area contributed by atoms with Crippen LogP contribution in [0, 0.1) is 17.0 Å². The fraction of sp³-hybridized carbons (Fsp3) is 0.375. The predicted octanol–water partition coefficient (Wildman–Crippen LogP) is 2.53. The van der Waals surface area contributed by atoms with E-state index in [9.17, 15) is 23.7 Å². The van der Waals surface area contributed by atoms with Crippen LogP contribution in [0.2, 0.25) is 0 Å². The number of aryl methyl sites for hydroxylation is 1. The largest absolute Gasteiger partial charge is 0.490 e. The summed E-state index contributed by atoms with van der Waals surface area (Å²) in [5.41, 5.74) is 0.784. The summed E-state index contributed by atoms with van der Waals surface area (Å²) in [7, 11) is 0. The van der Waals surface area contributed by atoms with E-state index < -0.39 is 17.4 Å². The van der Waals surface area contributed by atoms with Gasteiger partial charge >= 0.3 is 12.4 Å². The quantitative estimate of drug-likeness (QED) is 0.526. The van der Waals surface area contributed by atoms with Crippen molar-refractivity contribution in [1.82, 2.24) is 15.1 Å². The van der Waals surface area contributed by atoms with Crippen LogP contribution >= 0.6 is 0 Å². The normalized spacial score (nSPS) is 10.7. The Morgan fingerprint density at radius 1 is 1.37 bits per heavy atom. The summed E-state index contributed by atoms with van der Waals surface area (Å²) in [5, 5.41) is 17.1. The minimum atomic E-state index is -3.01. The van der Waals surface area contributed by atoms with Crippen LogP contribution in [-0.4, -0.2) is 40.4 Å². The van der Waals surface area contributed by atoms with Crippen LogP contribution in [0.15, 0.2) is 24.3 Å². The molecule has 0 aliphatic carbocycles. The van der Waals surface area contributed by atoms with Gasteiger partial charge in [-0.05, 0) is 37.0 Å². The average Bonchev–Trinajstić information content (AvgIpc) is 2.97. The number of hydrogen-bond acceptors (Lipinski definition) is 6. The van der Waals surface area contributed by atoms with E-state index in [1.807, 2.05) is 0 Å². The van der Waals surface area contributed by atoms with Crippen molar-refractivity contribution in [2.45, 2.75) is 27.0 Å². The Kier molecular flexibility index (Phi) is 6.63. The fourth-order valence-corrected chi connectivity index (χ4v) is 2.30. The molecule has 0 radical (unpaired) electrons. The molecule has 27 heavy (non-hydrogen) atoms. The number of amides is 1. The maximum Gasteiger partial charge on any atom is 0.390 e. The predicted molar refractivity (Wildman–Crippen MR) is 90.2 cm³/mol. The maximum atomic E-state index is 12.4. The van der Waals surface area contributed by atoms with Crippen molar-refractivity contribution in [2.75, 3.05) is 13.2 Å². The van der Waals surface area contributed by atoms with Gasteiger partial charge in [0.1, 0.15) is 0 Å². The van der Waals surface area contributed by atoms with E-state index in [1.165, 1.54) is 28.9 Å². The van der Waals surface area contributed by atoms with E-state index in [1.54, 1.807) is 13.8 Å². The number of carbonyl (C=O) groups is 1. The second kappa shape index (κ2) is 8.92. The van der Waals surface area contributed by atoms with Crippen LogP contribution in [0.25, 0.3) is 0 Å². The number of alkyl halides is 2. The average molecular weight is 384 g/mol. The SMILES string of the molecule is CCOc1cc(C(=O)NCCn2nc([N+](=O)[O-])cc2C)ccc1OC(F)F. The van der Waals surface area contributed by atoms with Gasteiger partial charge < -0.3 is 24.9 Å². The van der Waals surface area contributed by atoms with Gasteiger partial charge in [0.15, 0.2) is 11.5 Å². The molecule has 9 nitrogen and oxygen atoms in total. The Morgan fingerprint density at radius 2 is 2.11 bits per heavy atom. The van der Waals surface area contributed by atoms with Crippen molar-refractivity contribution in [2.24, 2.45) is 0 Å². The van der Waals surface area contributed by atoms with Gasteiger partial charge in [0, 0.05) is 12.1 Å². The lowest BCUT2D eigenvalue weighted by atomic mass is 10.2. The molecule has 1 N–H and O–H groups in total. The van der Waals surface area contributed by atoms with E-state index in [4.69, 9.17) is 4.74 Å². The van der Waals surface area contributed by atoms with Gasteiger partial charge in [-0.1, -0.05) is 0 Å². The molecule has 0 spiro atoms. The molecule has 2 rings (SSSR count). The first kappa shape index (κ1) is 20.1. The van der Waals surface area contributed by atoms with Crippen molar-refractivity contribution in [3.05, 3.63) is 45.6 Å². The molecule has 1 aromatic carbocycles. The summed E-state index contributed by atoms with van der Waals surface area (Å²) >= 11 is 0. The van der Waals surface area contributed by atoms with Gasteiger partial charge in [-0.15, -0.1) is 0 Å². The van der Waals surface area contributed by atoms with Crippen LogP contribution in [0.4, 0.5) is 14.6 Å². The molecule has 0 aliphatic rings. The number of rotatable bonds is 9. The lowest BCUT2D eigenvalue weighted by molar-refractivity contribution is -0.389. The Labute approximate surface area is 153 Å². The van der Waals surface area contributed by atoms with Gasteiger partial charge in [0.25, 0.3) is 5.91 Å². The fourth-order valence-electron chi connectivity index (χ4n) is 2.30. The number of ether oxygens (including phenoxy) is 2. The number of nitro groups is 1. The first-order chi connectivity index (χ1) is 12.8. The number of nitrogens with zero attached hydrogens (tertiary/aromatic N) is 3. The second-order valence-corrected chi connectivity index (χ2v) is 5.35. The highest BCUT2D eigenvalue weighted by atomic mass is 19.3. The minimum Gasteiger partial charge on any atom is -0.490 e. The Morgan fingerprint density at radius 3 is 2.70 bits per heavy atom. The molecule has 0 saturated carbocycles. The van der Waals surface area contributed by atoms with Crippen LogP contribution in [0.3, 0.4) is 0 Å². The number of halogens is 2. The highest BCUT2D eigenvalue weighted by Crippen LogP contribution is 2.29. The number of aromatic nitrogens is 2. The molecule has 0 atom stereocenters. The third kappa shape index (κ3) is 5.36. The molecule has 0 fully saturated rings. The van der Waals surface area contributed by atoms with Gasteiger partial charge in [-0.25, -0.2) is 0 Å². The van der Waals surface area contributed by atoms with Crippen molar-refractivity contribution < 1.29 is 28.0 Å². The standard InChI is InChI=1S/C16H18F2N4O5/c1-3-26-13-9-11(4-5-12(13)27-16(17)18)15(23)19-6-7-21-10(2)8-14(20-21)22(24)25/h4-5,8-9,16H,3,6-7H2,1-2H3,(H,19,23). The third-order valence-electron chi connectivity index (χ3n) is 3.49. The van der Waals surface area contributed by atoms with Crippen molar-refractivity contribution in [1.29, 1.82) is 0 Å². The molecule has 0 bridgehead atoms. The lowest BCUT2D eigenvalue weighted by Crippen LogP contribution is -2.27. The third-order valence-corrected chi connectivity index (χ3v) is 3.49. The molecule has 0 aliphatic heterocycles. The van der Waals surface area contributed by atoms with Crippen molar-refractivity contribution >= 4 is 11.7 Å². The van der Waals surface area contributed by atoms with Gasteiger partial charge in [0.2, 0.25) is 0 Å². The molecular weight excluding hydrogens is 366 g/mol. The Balaban J connectivity index is 2.01. The summed E-state index contributed by atoms with van der Waals surface area (Å²) in [4.78, 5) is 22.3. The number of hydrogen-bond donors (Lipinski definition) is 1. The highest BCUT2D eigenvalue weighted by molar-refractivity contribution is 5.94. The van der Waals surface area contributed by atoms with E-state index in [0.717, 1.165) is 0 Å². The summed E-state index contributed by atoms with van der Waals surface area (Å²) in [6.45, 7) is 0.934. The van der Waals surface area contributed by atoms with Crippen LogP contribution in [-0.2, 0) is 6.54 Å². The zero-order chi connectivity index (χ0) is 20.0. The van der Waals surface area contributed by atoms with Crippen LogP contribution in [0.1, 0.15) is 23.0 Å². The van der Waals surface area contributed by atoms with E-state index in [0.29, 0.717) is 5.69 Å². The first-order valence-corrected chi connectivity index (χ1v) is 8.00. The first-order valence-electron chi connectivity index (χ1n) is 8.00.